The first-order valence-corrected chi connectivity index (χ1v) is 7.20. The molecule has 0 aromatic carbocycles. The van der Waals surface area contributed by atoms with E-state index >= 15 is 0 Å². The summed E-state index contributed by atoms with van der Waals surface area (Å²) >= 11 is 0. The molecule has 0 fully saturated rings. The van der Waals surface area contributed by atoms with E-state index in [0.717, 1.165) is 0 Å². The predicted molar refractivity (Wildman–Crippen MR) is 82.0 cm³/mol. The third-order valence-electron chi connectivity index (χ3n) is 2.80. The molecular formula is C15H32N2O3. The van der Waals surface area contributed by atoms with E-state index < -0.39 is 11.7 Å². The van der Waals surface area contributed by atoms with Gasteiger partial charge in [0, 0.05) is 19.7 Å². The minimum atomic E-state index is -0.482. The van der Waals surface area contributed by atoms with Gasteiger partial charge in [0.25, 0.3) is 0 Å². The van der Waals surface area contributed by atoms with Gasteiger partial charge < -0.3 is 20.1 Å². The molecule has 2 N–H and O–H groups in total. The molecule has 0 spiro atoms. The van der Waals surface area contributed by atoms with Crippen molar-refractivity contribution in [3.8, 4) is 0 Å². The fourth-order valence-electron chi connectivity index (χ4n) is 1.68. The summed E-state index contributed by atoms with van der Waals surface area (Å²) in [6.07, 6.45) is -0.392. The van der Waals surface area contributed by atoms with Gasteiger partial charge in [0.05, 0.1) is 12.1 Å². The van der Waals surface area contributed by atoms with Crippen molar-refractivity contribution in [2.45, 2.75) is 65.6 Å². The first kappa shape index (κ1) is 19.2. The molecule has 0 aromatic rings. The molecule has 0 aliphatic rings. The Kier molecular flexibility index (Phi) is 7.52. The minimum absolute atomic E-state index is 0.264. The summed E-state index contributed by atoms with van der Waals surface area (Å²) in [4.78, 5) is 11.8. The van der Waals surface area contributed by atoms with Gasteiger partial charge in [-0.2, -0.15) is 0 Å². The molecule has 0 aliphatic heterocycles. The first-order valence-electron chi connectivity index (χ1n) is 7.20. The Labute approximate surface area is 123 Å². The SMILES string of the molecule is COCC(NCC(C)(C)NC(=O)OC(C)(C)C)C(C)C. The van der Waals surface area contributed by atoms with E-state index in [1.165, 1.54) is 0 Å². The van der Waals surface area contributed by atoms with Crippen LogP contribution in [0, 0.1) is 5.92 Å². The van der Waals surface area contributed by atoms with Gasteiger partial charge in [-0.1, -0.05) is 13.8 Å². The molecule has 120 valence electrons. The lowest BCUT2D eigenvalue weighted by Gasteiger charge is -2.31. The average Bonchev–Trinajstić information content (AvgIpc) is 2.19. The van der Waals surface area contributed by atoms with Crippen LogP contribution >= 0.6 is 0 Å². The number of rotatable bonds is 7. The number of alkyl carbamates (subject to hydrolysis) is 1. The molecule has 0 bridgehead atoms. The molecule has 1 amide bonds. The molecular weight excluding hydrogens is 256 g/mol. The van der Waals surface area contributed by atoms with E-state index in [1.54, 1.807) is 7.11 Å². The van der Waals surface area contributed by atoms with Crippen molar-refractivity contribution in [3.05, 3.63) is 0 Å². The number of nitrogens with one attached hydrogen (secondary N) is 2. The molecule has 0 rings (SSSR count). The molecule has 0 radical (unpaired) electrons. The lowest BCUT2D eigenvalue weighted by atomic mass is 10.0. The van der Waals surface area contributed by atoms with Crippen LogP contribution in [0.5, 0.6) is 0 Å². The second-order valence-electron chi connectivity index (χ2n) is 7.20. The molecule has 1 atom stereocenters. The highest BCUT2D eigenvalue weighted by atomic mass is 16.6. The number of amides is 1. The van der Waals surface area contributed by atoms with E-state index in [2.05, 4.69) is 24.5 Å². The summed E-state index contributed by atoms with van der Waals surface area (Å²) in [5, 5.41) is 6.32. The van der Waals surface area contributed by atoms with Crippen molar-refractivity contribution in [1.82, 2.24) is 10.6 Å². The molecule has 0 saturated heterocycles. The molecule has 0 aliphatic carbocycles. The fraction of sp³-hybridized carbons (Fsp3) is 0.933. The second-order valence-corrected chi connectivity index (χ2v) is 7.20. The standard InChI is InChI=1S/C15H32N2O3/c1-11(2)12(9-19-8)16-10-15(6,7)17-13(18)20-14(3,4)5/h11-12,16H,9-10H2,1-8H3,(H,17,18). The smallest absolute Gasteiger partial charge is 0.408 e. The topological polar surface area (TPSA) is 59.6 Å². The van der Waals surface area contributed by atoms with Crippen molar-refractivity contribution in [2.24, 2.45) is 5.92 Å². The third-order valence-corrected chi connectivity index (χ3v) is 2.80. The Morgan fingerprint density at radius 3 is 2.10 bits per heavy atom. The van der Waals surface area contributed by atoms with Gasteiger partial charge in [-0.15, -0.1) is 0 Å². The summed E-state index contributed by atoms with van der Waals surface area (Å²) in [6.45, 7) is 15.1. The fourth-order valence-corrected chi connectivity index (χ4v) is 1.68. The highest BCUT2D eigenvalue weighted by Crippen LogP contribution is 2.10. The van der Waals surface area contributed by atoms with Gasteiger partial charge >= 0.3 is 6.09 Å². The molecule has 5 heteroatoms. The number of methoxy groups -OCH3 is 1. The number of hydrogen-bond acceptors (Lipinski definition) is 4. The zero-order valence-electron chi connectivity index (χ0n) is 14.3. The summed E-state index contributed by atoms with van der Waals surface area (Å²) in [6, 6.07) is 0.264. The highest BCUT2D eigenvalue weighted by molar-refractivity contribution is 5.68. The average molecular weight is 288 g/mol. The van der Waals surface area contributed by atoms with Crippen LogP contribution in [0.15, 0.2) is 0 Å². The summed E-state index contributed by atoms with van der Waals surface area (Å²) < 4.78 is 10.5. The second kappa shape index (κ2) is 7.84. The zero-order chi connectivity index (χ0) is 16.0. The maximum atomic E-state index is 11.8. The molecule has 1 unspecified atom stereocenters. The number of carbonyl (C=O) groups is 1. The van der Waals surface area contributed by atoms with Crippen LogP contribution in [0.25, 0.3) is 0 Å². The lowest BCUT2D eigenvalue weighted by Crippen LogP contribution is -2.54. The molecule has 0 heterocycles. The van der Waals surface area contributed by atoms with E-state index in [1.807, 2.05) is 34.6 Å². The van der Waals surface area contributed by atoms with Crippen LogP contribution in [0.3, 0.4) is 0 Å². The summed E-state index contributed by atoms with van der Waals surface area (Å²) in [5.74, 6) is 0.465. The van der Waals surface area contributed by atoms with E-state index in [4.69, 9.17) is 9.47 Å². The Bertz CT molecular complexity index is 296. The molecule has 20 heavy (non-hydrogen) atoms. The quantitative estimate of drug-likeness (QED) is 0.756. The van der Waals surface area contributed by atoms with Crippen LogP contribution in [0.1, 0.15) is 48.5 Å². The maximum Gasteiger partial charge on any atom is 0.408 e. The van der Waals surface area contributed by atoms with Crippen molar-refractivity contribution in [2.75, 3.05) is 20.3 Å². The zero-order valence-corrected chi connectivity index (χ0v) is 14.3. The van der Waals surface area contributed by atoms with Gasteiger partial charge in [0.2, 0.25) is 0 Å². The Morgan fingerprint density at radius 1 is 1.15 bits per heavy atom. The molecule has 0 aromatic heterocycles. The van der Waals surface area contributed by atoms with Crippen LogP contribution in [-0.2, 0) is 9.47 Å². The van der Waals surface area contributed by atoms with Crippen LogP contribution in [-0.4, -0.2) is 43.5 Å². The molecule has 0 saturated carbocycles. The maximum absolute atomic E-state index is 11.8. The van der Waals surface area contributed by atoms with Gasteiger partial charge in [-0.25, -0.2) is 4.79 Å². The minimum Gasteiger partial charge on any atom is -0.444 e. The van der Waals surface area contributed by atoms with Crippen molar-refractivity contribution in [1.29, 1.82) is 0 Å². The lowest BCUT2D eigenvalue weighted by molar-refractivity contribution is 0.0467. The Balaban J connectivity index is 4.33. The predicted octanol–water partition coefficient (Wildman–Crippen LogP) is 2.55. The summed E-state index contributed by atoms with van der Waals surface area (Å²) in [5.41, 5.74) is -0.868. The van der Waals surface area contributed by atoms with Crippen LogP contribution in [0.2, 0.25) is 0 Å². The Hall–Kier alpha value is -0.810. The van der Waals surface area contributed by atoms with Crippen molar-refractivity contribution < 1.29 is 14.3 Å². The van der Waals surface area contributed by atoms with Crippen molar-refractivity contribution >= 4 is 6.09 Å². The largest absolute Gasteiger partial charge is 0.444 e. The normalized spacial score (nSPS) is 14.2. The highest BCUT2D eigenvalue weighted by Gasteiger charge is 2.25. The van der Waals surface area contributed by atoms with E-state index in [9.17, 15) is 4.79 Å². The van der Waals surface area contributed by atoms with Gasteiger partial charge in [-0.05, 0) is 40.5 Å². The van der Waals surface area contributed by atoms with Gasteiger partial charge in [0.15, 0.2) is 0 Å². The Morgan fingerprint density at radius 2 is 1.70 bits per heavy atom. The van der Waals surface area contributed by atoms with Gasteiger partial charge in [0.1, 0.15) is 5.60 Å². The molecule has 5 nitrogen and oxygen atoms in total. The number of hydrogen-bond donors (Lipinski definition) is 2. The van der Waals surface area contributed by atoms with Gasteiger partial charge in [-0.3, -0.25) is 0 Å². The number of ether oxygens (including phenoxy) is 2. The number of carbonyl (C=O) groups excluding carboxylic acids is 1. The third kappa shape index (κ3) is 9.15. The van der Waals surface area contributed by atoms with E-state index in [0.29, 0.717) is 19.1 Å². The van der Waals surface area contributed by atoms with E-state index in [-0.39, 0.29) is 11.6 Å². The van der Waals surface area contributed by atoms with Crippen LogP contribution in [0.4, 0.5) is 4.79 Å². The van der Waals surface area contributed by atoms with Crippen LogP contribution < -0.4 is 10.6 Å². The first-order chi connectivity index (χ1) is 8.97. The van der Waals surface area contributed by atoms with Crippen molar-refractivity contribution in [3.63, 3.8) is 0 Å². The summed E-state index contributed by atoms with van der Waals surface area (Å²) in [7, 11) is 1.70. The monoisotopic (exact) mass is 288 g/mol.